The molecule has 2 atom stereocenters. The van der Waals surface area contributed by atoms with E-state index in [9.17, 15) is 4.79 Å². The smallest absolute Gasteiger partial charge is 0.224 e. The number of methoxy groups -OCH3 is 1. The van der Waals surface area contributed by atoms with Crippen molar-refractivity contribution in [1.29, 1.82) is 0 Å². The van der Waals surface area contributed by atoms with E-state index in [-0.39, 0.29) is 11.9 Å². The van der Waals surface area contributed by atoms with E-state index in [1.165, 1.54) is 24.8 Å². The molecule has 0 bridgehead atoms. The van der Waals surface area contributed by atoms with Crippen molar-refractivity contribution < 1.29 is 9.53 Å². The van der Waals surface area contributed by atoms with Gasteiger partial charge in [0.05, 0.1) is 13.2 Å². The molecule has 2 N–H and O–H groups in total. The summed E-state index contributed by atoms with van der Waals surface area (Å²) >= 11 is 0. The number of piperidine rings is 1. The number of amides is 1. The van der Waals surface area contributed by atoms with Gasteiger partial charge in [-0.15, -0.1) is 0 Å². The molecule has 2 aliphatic rings. The molecule has 2 aliphatic heterocycles. The number of benzene rings is 1. The number of guanidine groups is 1. The Balaban J connectivity index is 1.52. The summed E-state index contributed by atoms with van der Waals surface area (Å²) in [5, 5.41) is 6.80. The predicted octanol–water partition coefficient (Wildman–Crippen LogP) is 2.79. The summed E-state index contributed by atoms with van der Waals surface area (Å²) in [5.41, 5.74) is 1.25. The van der Waals surface area contributed by atoms with E-state index in [4.69, 9.17) is 4.74 Å². The lowest BCUT2D eigenvalue weighted by atomic mass is 10.0. The summed E-state index contributed by atoms with van der Waals surface area (Å²) in [5.74, 6) is 1.86. The van der Waals surface area contributed by atoms with Gasteiger partial charge in [-0.25, -0.2) is 0 Å². The Morgan fingerprint density at radius 1 is 1.19 bits per heavy atom. The molecule has 7 nitrogen and oxygen atoms in total. The fraction of sp³-hybridized carbons (Fsp3) is 0.667. The second-order valence-electron chi connectivity index (χ2n) is 8.60. The highest BCUT2D eigenvalue weighted by atomic mass is 16.5. The molecule has 2 fully saturated rings. The number of carbonyl (C=O) groups is 1. The van der Waals surface area contributed by atoms with Crippen LogP contribution >= 0.6 is 0 Å². The number of carbonyl (C=O) groups excluding carboxylic acids is 1. The van der Waals surface area contributed by atoms with Crippen molar-refractivity contribution in [1.82, 2.24) is 20.4 Å². The highest BCUT2D eigenvalue weighted by Crippen LogP contribution is 2.27. The standard InChI is InChI=1S/C24H39N5O2/c1-19-9-4-5-16-29(19)23(30)12-13-26-24(25-2)27-18-22(28-14-6-7-15-28)20-10-8-11-21(17-20)31-3/h8,10-11,17,19,22H,4-7,9,12-16,18H2,1-3H3,(H2,25,26,27). The van der Waals surface area contributed by atoms with Crippen molar-refractivity contribution in [2.45, 2.75) is 57.5 Å². The van der Waals surface area contributed by atoms with Crippen LogP contribution in [0.2, 0.25) is 0 Å². The highest BCUT2D eigenvalue weighted by molar-refractivity contribution is 5.81. The molecule has 7 heteroatoms. The summed E-state index contributed by atoms with van der Waals surface area (Å²) in [7, 11) is 3.49. The van der Waals surface area contributed by atoms with E-state index in [1.807, 2.05) is 11.0 Å². The normalized spacial score (nSPS) is 21.1. The quantitative estimate of drug-likeness (QED) is 0.491. The van der Waals surface area contributed by atoms with Gasteiger partial charge in [0.25, 0.3) is 0 Å². The van der Waals surface area contributed by atoms with Crippen LogP contribution in [-0.2, 0) is 4.79 Å². The van der Waals surface area contributed by atoms with Gasteiger partial charge in [-0.3, -0.25) is 14.7 Å². The van der Waals surface area contributed by atoms with E-state index in [1.54, 1.807) is 14.2 Å². The number of ether oxygens (including phenoxy) is 1. The Labute approximate surface area is 187 Å². The maximum absolute atomic E-state index is 12.6. The number of aliphatic imine (C=N–C) groups is 1. The molecular weight excluding hydrogens is 390 g/mol. The summed E-state index contributed by atoms with van der Waals surface area (Å²) < 4.78 is 5.44. The van der Waals surface area contributed by atoms with Crippen molar-refractivity contribution in [3.8, 4) is 5.75 Å². The third-order valence-electron chi connectivity index (χ3n) is 6.50. The summed E-state index contributed by atoms with van der Waals surface area (Å²) in [6, 6.07) is 8.95. The lowest BCUT2D eigenvalue weighted by Gasteiger charge is -2.33. The third-order valence-corrected chi connectivity index (χ3v) is 6.50. The molecule has 0 radical (unpaired) electrons. The zero-order valence-corrected chi connectivity index (χ0v) is 19.4. The Morgan fingerprint density at radius 2 is 1.97 bits per heavy atom. The molecule has 1 aromatic carbocycles. The highest BCUT2D eigenvalue weighted by Gasteiger charge is 2.25. The average molecular weight is 430 g/mol. The summed E-state index contributed by atoms with van der Waals surface area (Å²) in [6.45, 7) is 6.61. The molecular formula is C24H39N5O2. The molecule has 0 saturated carbocycles. The van der Waals surface area contributed by atoms with E-state index in [0.717, 1.165) is 50.7 Å². The minimum Gasteiger partial charge on any atom is -0.497 e. The van der Waals surface area contributed by atoms with Crippen molar-refractivity contribution in [3.05, 3.63) is 29.8 Å². The van der Waals surface area contributed by atoms with Crippen LogP contribution in [0.1, 0.15) is 57.1 Å². The summed E-state index contributed by atoms with van der Waals surface area (Å²) in [4.78, 5) is 21.5. The second kappa shape index (κ2) is 11.9. The van der Waals surface area contributed by atoms with Gasteiger partial charge in [-0.2, -0.15) is 0 Å². The molecule has 3 rings (SSSR count). The second-order valence-corrected chi connectivity index (χ2v) is 8.60. The fourth-order valence-corrected chi connectivity index (χ4v) is 4.67. The zero-order valence-electron chi connectivity index (χ0n) is 19.4. The molecule has 0 spiro atoms. The molecule has 31 heavy (non-hydrogen) atoms. The van der Waals surface area contributed by atoms with E-state index in [2.05, 4.69) is 45.6 Å². The lowest BCUT2D eigenvalue weighted by molar-refractivity contribution is -0.134. The molecule has 0 aliphatic carbocycles. The first-order valence-corrected chi connectivity index (χ1v) is 11.7. The number of rotatable bonds is 8. The van der Waals surface area contributed by atoms with Crippen LogP contribution in [0.3, 0.4) is 0 Å². The molecule has 2 heterocycles. The van der Waals surface area contributed by atoms with Crippen LogP contribution in [0.5, 0.6) is 5.75 Å². The Bertz CT molecular complexity index is 732. The first kappa shape index (κ1) is 23.4. The molecule has 1 aromatic rings. The van der Waals surface area contributed by atoms with Crippen LogP contribution in [0.15, 0.2) is 29.3 Å². The number of nitrogens with one attached hydrogen (secondary N) is 2. The molecule has 1 amide bonds. The molecule has 0 aromatic heterocycles. The monoisotopic (exact) mass is 429 g/mol. The van der Waals surface area contributed by atoms with Gasteiger partial charge in [0.15, 0.2) is 5.96 Å². The van der Waals surface area contributed by atoms with Gasteiger partial charge < -0.3 is 20.3 Å². The molecule has 2 unspecified atom stereocenters. The van der Waals surface area contributed by atoms with Gasteiger partial charge in [-0.1, -0.05) is 12.1 Å². The van der Waals surface area contributed by atoms with Crippen LogP contribution in [0, 0.1) is 0 Å². The predicted molar refractivity (Wildman–Crippen MR) is 126 cm³/mol. The average Bonchev–Trinajstić information content (AvgIpc) is 3.33. The minimum absolute atomic E-state index is 0.237. The van der Waals surface area contributed by atoms with Crippen LogP contribution in [0.25, 0.3) is 0 Å². The number of hydrogen-bond acceptors (Lipinski definition) is 4. The zero-order chi connectivity index (χ0) is 22.1. The van der Waals surface area contributed by atoms with Gasteiger partial charge in [0.1, 0.15) is 5.75 Å². The Morgan fingerprint density at radius 3 is 2.68 bits per heavy atom. The van der Waals surface area contributed by atoms with Crippen molar-refractivity contribution in [3.63, 3.8) is 0 Å². The van der Waals surface area contributed by atoms with Gasteiger partial charge in [0.2, 0.25) is 5.91 Å². The minimum atomic E-state index is 0.237. The SMILES string of the molecule is CN=C(NCCC(=O)N1CCCCC1C)NCC(c1cccc(OC)c1)N1CCCC1. The van der Waals surface area contributed by atoms with E-state index < -0.39 is 0 Å². The van der Waals surface area contributed by atoms with Crippen molar-refractivity contribution >= 4 is 11.9 Å². The lowest BCUT2D eigenvalue weighted by Crippen LogP contribution is -2.45. The van der Waals surface area contributed by atoms with Crippen molar-refractivity contribution in [2.75, 3.05) is 46.9 Å². The van der Waals surface area contributed by atoms with Crippen molar-refractivity contribution in [2.24, 2.45) is 4.99 Å². The first-order valence-electron chi connectivity index (χ1n) is 11.7. The van der Waals surface area contributed by atoms with Gasteiger partial charge >= 0.3 is 0 Å². The summed E-state index contributed by atoms with van der Waals surface area (Å²) in [6.07, 6.45) is 6.44. The molecule has 172 valence electrons. The Hall–Kier alpha value is -2.28. The van der Waals surface area contributed by atoms with Gasteiger partial charge in [0, 0.05) is 39.1 Å². The molecule has 2 saturated heterocycles. The van der Waals surface area contributed by atoms with Gasteiger partial charge in [-0.05, 0) is 69.8 Å². The van der Waals surface area contributed by atoms with E-state index >= 15 is 0 Å². The van der Waals surface area contributed by atoms with Crippen LogP contribution < -0.4 is 15.4 Å². The maximum Gasteiger partial charge on any atom is 0.224 e. The maximum atomic E-state index is 12.6. The topological polar surface area (TPSA) is 69.2 Å². The fourth-order valence-electron chi connectivity index (χ4n) is 4.67. The van der Waals surface area contributed by atoms with Crippen LogP contribution in [0.4, 0.5) is 0 Å². The largest absolute Gasteiger partial charge is 0.497 e. The Kier molecular flexibility index (Phi) is 9.00. The first-order chi connectivity index (χ1) is 15.1. The number of nitrogens with zero attached hydrogens (tertiary/aromatic N) is 3. The number of likely N-dealkylation sites (tertiary alicyclic amines) is 2. The van der Waals surface area contributed by atoms with E-state index in [0.29, 0.717) is 19.0 Å². The number of hydrogen-bond donors (Lipinski definition) is 2. The van der Waals surface area contributed by atoms with Crippen LogP contribution in [-0.4, -0.2) is 74.6 Å². The third kappa shape index (κ3) is 6.60.